The lowest BCUT2D eigenvalue weighted by Gasteiger charge is -2.32. The highest BCUT2D eigenvalue weighted by Crippen LogP contribution is 2.35. The second-order valence-corrected chi connectivity index (χ2v) is 5.57. The Kier molecular flexibility index (Phi) is 2.98. The number of carbonyl (C=O) groups excluding carboxylic acids is 1. The van der Waals surface area contributed by atoms with Gasteiger partial charge in [0.05, 0.1) is 0 Å². The molecule has 0 unspecified atom stereocenters. The number of amides is 1. The van der Waals surface area contributed by atoms with E-state index in [9.17, 15) is 4.79 Å². The molecule has 3 heteroatoms. The van der Waals surface area contributed by atoms with Crippen molar-refractivity contribution < 1.29 is 4.79 Å². The van der Waals surface area contributed by atoms with Gasteiger partial charge in [-0.1, -0.05) is 18.6 Å². The molecule has 0 saturated heterocycles. The van der Waals surface area contributed by atoms with Gasteiger partial charge in [-0.25, -0.2) is 0 Å². The Bertz CT molecular complexity index is 450. The van der Waals surface area contributed by atoms with Gasteiger partial charge in [0.25, 0.3) is 0 Å². The maximum absolute atomic E-state index is 12.4. The van der Waals surface area contributed by atoms with Gasteiger partial charge in [-0.05, 0) is 43.4 Å². The monoisotopic (exact) mass is 244 g/mol. The first-order valence-corrected chi connectivity index (χ1v) is 6.89. The zero-order valence-corrected chi connectivity index (χ0v) is 10.6. The molecule has 1 aromatic rings. The Hall–Kier alpha value is -1.51. The van der Waals surface area contributed by atoms with Crippen molar-refractivity contribution >= 4 is 11.6 Å². The molecular formula is C15H20N2O. The third-order valence-electron chi connectivity index (χ3n) is 4.03. The summed E-state index contributed by atoms with van der Waals surface area (Å²) in [6.07, 6.45) is 5.71. The third kappa shape index (κ3) is 2.35. The van der Waals surface area contributed by atoms with Gasteiger partial charge in [0.2, 0.25) is 5.91 Å². The van der Waals surface area contributed by atoms with Crippen LogP contribution in [0.5, 0.6) is 0 Å². The minimum absolute atomic E-state index is 0.298. The molecule has 2 aliphatic rings. The van der Waals surface area contributed by atoms with Crippen molar-refractivity contribution in [2.24, 2.45) is 5.92 Å². The van der Waals surface area contributed by atoms with Crippen LogP contribution in [0.1, 0.15) is 37.7 Å². The maximum Gasteiger partial charge on any atom is 0.226 e. The zero-order valence-electron chi connectivity index (χ0n) is 10.6. The summed E-state index contributed by atoms with van der Waals surface area (Å²) in [7, 11) is 0. The molecule has 1 aromatic carbocycles. The van der Waals surface area contributed by atoms with Gasteiger partial charge in [-0.3, -0.25) is 4.79 Å². The topological polar surface area (TPSA) is 46.3 Å². The van der Waals surface area contributed by atoms with Crippen molar-refractivity contribution in [3.05, 3.63) is 29.8 Å². The maximum atomic E-state index is 12.4. The molecule has 96 valence electrons. The van der Waals surface area contributed by atoms with Crippen LogP contribution in [-0.2, 0) is 11.3 Å². The van der Waals surface area contributed by atoms with Gasteiger partial charge >= 0.3 is 0 Å². The van der Waals surface area contributed by atoms with E-state index in [0.29, 0.717) is 17.9 Å². The van der Waals surface area contributed by atoms with E-state index >= 15 is 0 Å². The number of benzene rings is 1. The van der Waals surface area contributed by atoms with E-state index in [-0.39, 0.29) is 0 Å². The Balaban J connectivity index is 1.71. The standard InChI is InChI=1S/C15H20N2O/c16-13-6-1-3-11(9-13)10-17(14-7-8-14)15(18)12-4-2-5-12/h1,3,6,9,12,14H,2,4-5,7-8,10,16H2. The van der Waals surface area contributed by atoms with Crippen LogP contribution in [0.4, 0.5) is 5.69 Å². The lowest BCUT2D eigenvalue weighted by molar-refractivity contribution is -0.139. The number of nitrogens with zero attached hydrogens (tertiary/aromatic N) is 1. The van der Waals surface area contributed by atoms with Gasteiger partial charge in [-0.2, -0.15) is 0 Å². The number of carbonyl (C=O) groups is 1. The number of anilines is 1. The van der Waals surface area contributed by atoms with Crippen LogP contribution in [0.15, 0.2) is 24.3 Å². The first kappa shape index (κ1) is 11.6. The van der Waals surface area contributed by atoms with Gasteiger partial charge in [0, 0.05) is 24.2 Å². The Morgan fingerprint density at radius 1 is 1.28 bits per heavy atom. The summed E-state index contributed by atoms with van der Waals surface area (Å²) < 4.78 is 0. The number of rotatable bonds is 4. The van der Waals surface area contributed by atoms with E-state index in [1.54, 1.807) is 0 Å². The second kappa shape index (κ2) is 4.63. The Morgan fingerprint density at radius 2 is 2.06 bits per heavy atom. The molecule has 3 nitrogen and oxygen atoms in total. The summed E-state index contributed by atoms with van der Waals surface area (Å²) >= 11 is 0. The normalized spacial score (nSPS) is 19.3. The average Bonchev–Trinajstić information content (AvgIpc) is 3.07. The van der Waals surface area contributed by atoms with Crippen molar-refractivity contribution in [3.8, 4) is 0 Å². The first-order valence-electron chi connectivity index (χ1n) is 6.89. The Labute approximate surface area is 108 Å². The fourth-order valence-corrected chi connectivity index (χ4v) is 2.55. The molecule has 0 radical (unpaired) electrons. The molecule has 1 amide bonds. The number of hydrogen-bond acceptors (Lipinski definition) is 2. The highest BCUT2D eigenvalue weighted by atomic mass is 16.2. The quantitative estimate of drug-likeness (QED) is 0.827. The van der Waals surface area contributed by atoms with Crippen molar-refractivity contribution in [1.82, 2.24) is 4.90 Å². The first-order chi connectivity index (χ1) is 8.74. The van der Waals surface area contributed by atoms with Crippen LogP contribution in [-0.4, -0.2) is 16.8 Å². The van der Waals surface area contributed by atoms with Crippen molar-refractivity contribution in [2.75, 3.05) is 5.73 Å². The summed E-state index contributed by atoms with van der Waals surface area (Å²) in [6, 6.07) is 8.37. The summed E-state index contributed by atoms with van der Waals surface area (Å²) in [5.74, 6) is 0.665. The van der Waals surface area contributed by atoms with Crippen LogP contribution >= 0.6 is 0 Å². The summed E-state index contributed by atoms with van der Waals surface area (Å²) in [5.41, 5.74) is 7.72. The summed E-state index contributed by atoms with van der Waals surface area (Å²) in [6.45, 7) is 0.727. The van der Waals surface area contributed by atoms with Gasteiger partial charge in [0.15, 0.2) is 0 Å². The lowest BCUT2D eigenvalue weighted by atomic mass is 9.84. The summed E-state index contributed by atoms with van der Waals surface area (Å²) in [5, 5.41) is 0. The highest BCUT2D eigenvalue weighted by molar-refractivity contribution is 5.80. The van der Waals surface area contributed by atoms with E-state index < -0.39 is 0 Å². The molecule has 0 atom stereocenters. The zero-order chi connectivity index (χ0) is 12.5. The van der Waals surface area contributed by atoms with Crippen molar-refractivity contribution in [3.63, 3.8) is 0 Å². The average molecular weight is 244 g/mol. The van der Waals surface area contributed by atoms with Crippen molar-refractivity contribution in [2.45, 2.75) is 44.7 Å². The molecule has 2 saturated carbocycles. The molecule has 0 aliphatic heterocycles. The van der Waals surface area contributed by atoms with Crippen LogP contribution < -0.4 is 5.73 Å². The SMILES string of the molecule is Nc1cccc(CN(C(=O)C2CCC2)C2CC2)c1. The molecule has 0 spiro atoms. The summed E-state index contributed by atoms with van der Waals surface area (Å²) in [4.78, 5) is 14.5. The minimum atomic E-state index is 0.298. The van der Waals surface area contributed by atoms with Crippen LogP contribution in [0.2, 0.25) is 0 Å². The lowest BCUT2D eigenvalue weighted by Crippen LogP contribution is -2.39. The fraction of sp³-hybridized carbons (Fsp3) is 0.533. The highest BCUT2D eigenvalue weighted by Gasteiger charge is 2.37. The van der Waals surface area contributed by atoms with Gasteiger partial charge in [-0.15, -0.1) is 0 Å². The number of hydrogen-bond donors (Lipinski definition) is 1. The van der Waals surface area contributed by atoms with E-state index in [1.165, 1.54) is 19.3 Å². The molecule has 0 bridgehead atoms. The van der Waals surface area contributed by atoms with Gasteiger partial charge < -0.3 is 10.6 Å². The number of nitrogens with two attached hydrogens (primary N) is 1. The predicted molar refractivity (Wildman–Crippen MR) is 71.8 cm³/mol. The van der Waals surface area contributed by atoms with Crippen LogP contribution in [0, 0.1) is 5.92 Å². The van der Waals surface area contributed by atoms with Crippen LogP contribution in [0.25, 0.3) is 0 Å². The van der Waals surface area contributed by atoms with E-state index in [2.05, 4.69) is 11.0 Å². The van der Waals surface area contributed by atoms with E-state index in [1.807, 2.05) is 18.2 Å². The van der Waals surface area contributed by atoms with E-state index in [0.717, 1.165) is 30.6 Å². The molecule has 2 aliphatic carbocycles. The molecule has 3 rings (SSSR count). The molecule has 0 aromatic heterocycles. The van der Waals surface area contributed by atoms with Crippen molar-refractivity contribution in [1.29, 1.82) is 0 Å². The predicted octanol–water partition coefficient (Wildman–Crippen LogP) is 2.56. The largest absolute Gasteiger partial charge is 0.399 e. The third-order valence-corrected chi connectivity index (χ3v) is 4.03. The molecular weight excluding hydrogens is 224 g/mol. The molecule has 18 heavy (non-hydrogen) atoms. The fourth-order valence-electron chi connectivity index (χ4n) is 2.55. The molecule has 0 heterocycles. The smallest absolute Gasteiger partial charge is 0.226 e. The van der Waals surface area contributed by atoms with Crippen LogP contribution in [0.3, 0.4) is 0 Å². The van der Waals surface area contributed by atoms with Gasteiger partial charge in [0.1, 0.15) is 0 Å². The Morgan fingerprint density at radius 3 is 2.61 bits per heavy atom. The minimum Gasteiger partial charge on any atom is -0.399 e. The molecule has 2 fully saturated rings. The number of nitrogen functional groups attached to an aromatic ring is 1. The molecule has 2 N–H and O–H groups in total. The van der Waals surface area contributed by atoms with E-state index in [4.69, 9.17) is 5.73 Å². The second-order valence-electron chi connectivity index (χ2n) is 5.57.